The van der Waals surface area contributed by atoms with Crippen molar-refractivity contribution in [2.75, 3.05) is 13.1 Å². The summed E-state index contributed by atoms with van der Waals surface area (Å²) in [6.45, 7) is 11.2. The van der Waals surface area contributed by atoms with Gasteiger partial charge in [-0.15, -0.1) is 0 Å². The highest BCUT2D eigenvalue weighted by molar-refractivity contribution is 5.15. The van der Waals surface area contributed by atoms with Gasteiger partial charge in [0.15, 0.2) is 0 Å². The van der Waals surface area contributed by atoms with E-state index in [1.165, 1.54) is 5.56 Å². The van der Waals surface area contributed by atoms with Crippen molar-refractivity contribution in [3.8, 4) is 0 Å². The number of rotatable bonds is 2. The molecular formula is C16H25NO. The number of benzene rings is 1. The second kappa shape index (κ2) is 4.67. The average Bonchev–Trinajstić information content (AvgIpc) is 2.56. The van der Waals surface area contributed by atoms with E-state index in [0.29, 0.717) is 5.92 Å². The summed E-state index contributed by atoms with van der Waals surface area (Å²) in [5.41, 5.74) is 0.669. The molecule has 0 unspecified atom stereocenters. The fraction of sp³-hybridized carbons (Fsp3) is 0.625. The number of nitrogens with zero attached hydrogens (tertiary/aromatic N) is 1. The van der Waals surface area contributed by atoms with Gasteiger partial charge in [-0.25, -0.2) is 0 Å². The predicted octanol–water partition coefficient (Wildman–Crippen LogP) is 2.92. The van der Waals surface area contributed by atoms with Gasteiger partial charge in [0, 0.05) is 19.6 Å². The molecule has 1 aromatic rings. The Morgan fingerprint density at radius 2 is 1.89 bits per heavy atom. The maximum atomic E-state index is 10.9. The summed E-state index contributed by atoms with van der Waals surface area (Å²) in [5.74, 6) is 0.321. The Balaban J connectivity index is 2.08. The van der Waals surface area contributed by atoms with E-state index in [0.717, 1.165) is 19.6 Å². The highest BCUT2D eigenvalue weighted by Crippen LogP contribution is 2.41. The topological polar surface area (TPSA) is 23.5 Å². The number of hydrogen-bond acceptors (Lipinski definition) is 2. The molecule has 0 saturated carbocycles. The van der Waals surface area contributed by atoms with Gasteiger partial charge in [0.25, 0.3) is 0 Å². The molecule has 1 N–H and O–H groups in total. The van der Waals surface area contributed by atoms with Gasteiger partial charge in [-0.05, 0) is 16.9 Å². The molecule has 1 heterocycles. The van der Waals surface area contributed by atoms with Gasteiger partial charge < -0.3 is 5.11 Å². The molecule has 0 aliphatic carbocycles. The highest BCUT2D eigenvalue weighted by Gasteiger charge is 2.50. The fourth-order valence-corrected chi connectivity index (χ4v) is 3.04. The molecule has 1 fully saturated rings. The predicted molar refractivity (Wildman–Crippen MR) is 75.3 cm³/mol. The van der Waals surface area contributed by atoms with Gasteiger partial charge in [-0.2, -0.15) is 0 Å². The van der Waals surface area contributed by atoms with E-state index in [2.05, 4.69) is 56.9 Å². The number of likely N-dealkylation sites (tertiary alicyclic amines) is 1. The van der Waals surface area contributed by atoms with E-state index >= 15 is 0 Å². The Labute approximate surface area is 111 Å². The second-order valence-corrected chi connectivity index (χ2v) is 6.73. The number of hydrogen-bond donors (Lipinski definition) is 1. The summed E-state index contributed by atoms with van der Waals surface area (Å²) in [4.78, 5) is 2.37. The molecular weight excluding hydrogens is 222 g/mol. The maximum absolute atomic E-state index is 10.9. The summed E-state index contributed by atoms with van der Waals surface area (Å²) in [6.07, 6.45) is 0. The van der Waals surface area contributed by atoms with Gasteiger partial charge in [-0.3, -0.25) is 4.90 Å². The molecule has 2 nitrogen and oxygen atoms in total. The minimum atomic E-state index is -0.582. The van der Waals surface area contributed by atoms with E-state index in [1.807, 2.05) is 6.07 Å². The van der Waals surface area contributed by atoms with E-state index < -0.39 is 5.60 Å². The van der Waals surface area contributed by atoms with Crippen LogP contribution in [0.4, 0.5) is 0 Å². The summed E-state index contributed by atoms with van der Waals surface area (Å²) in [6, 6.07) is 10.5. The first-order valence-electron chi connectivity index (χ1n) is 6.81. The van der Waals surface area contributed by atoms with Crippen LogP contribution in [0.15, 0.2) is 30.3 Å². The normalized spacial score (nSPS) is 29.7. The van der Waals surface area contributed by atoms with E-state index in [9.17, 15) is 5.11 Å². The second-order valence-electron chi connectivity index (χ2n) is 6.73. The van der Waals surface area contributed by atoms with Crippen molar-refractivity contribution in [1.29, 1.82) is 0 Å². The van der Waals surface area contributed by atoms with E-state index in [1.54, 1.807) is 0 Å². The average molecular weight is 247 g/mol. The summed E-state index contributed by atoms with van der Waals surface area (Å²) in [7, 11) is 0. The lowest BCUT2D eigenvalue weighted by atomic mass is 9.71. The molecule has 0 spiro atoms. The number of β-amino-alcohol motifs (C(OH)–C–C–N with tert-alkyl or cyclic N) is 1. The Kier molecular flexibility index (Phi) is 3.52. The lowest BCUT2D eigenvalue weighted by molar-refractivity contribution is -0.0751. The zero-order valence-electron chi connectivity index (χ0n) is 12.0. The zero-order valence-corrected chi connectivity index (χ0v) is 12.0. The molecule has 2 heteroatoms. The van der Waals surface area contributed by atoms with Crippen LogP contribution in [0, 0.1) is 11.3 Å². The monoisotopic (exact) mass is 247 g/mol. The van der Waals surface area contributed by atoms with Crippen LogP contribution in [-0.4, -0.2) is 28.7 Å². The van der Waals surface area contributed by atoms with Crippen LogP contribution >= 0.6 is 0 Å². The lowest BCUT2D eigenvalue weighted by Gasteiger charge is -2.40. The van der Waals surface area contributed by atoms with Gasteiger partial charge in [0.05, 0.1) is 5.60 Å². The molecule has 1 aromatic carbocycles. The van der Waals surface area contributed by atoms with Gasteiger partial charge >= 0.3 is 0 Å². The van der Waals surface area contributed by atoms with Crippen LogP contribution < -0.4 is 0 Å². The van der Waals surface area contributed by atoms with Crippen molar-refractivity contribution in [2.45, 2.75) is 39.8 Å². The van der Waals surface area contributed by atoms with E-state index in [-0.39, 0.29) is 5.41 Å². The molecule has 0 bridgehead atoms. The third kappa shape index (κ3) is 2.45. The highest BCUT2D eigenvalue weighted by atomic mass is 16.3. The first kappa shape index (κ1) is 13.6. The molecule has 1 aliphatic heterocycles. The molecule has 0 amide bonds. The van der Waals surface area contributed by atoms with Crippen molar-refractivity contribution in [3.05, 3.63) is 35.9 Å². The molecule has 0 radical (unpaired) electrons. The van der Waals surface area contributed by atoms with Crippen LogP contribution in [-0.2, 0) is 6.54 Å². The van der Waals surface area contributed by atoms with E-state index in [4.69, 9.17) is 0 Å². The summed E-state index contributed by atoms with van der Waals surface area (Å²) < 4.78 is 0. The van der Waals surface area contributed by atoms with Gasteiger partial charge in [-0.1, -0.05) is 58.0 Å². The molecule has 1 aliphatic rings. The molecule has 18 heavy (non-hydrogen) atoms. The van der Waals surface area contributed by atoms with Crippen LogP contribution in [0.2, 0.25) is 0 Å². The van der Waals surface area contributed by atoms with Crippen LogP contribution in [0.3, 0.4) is 0 Å². The lowest BCUT2D eigenvalue weighted by Crippen LogP contribution is -2.49. The quantitative estimate of drug-likeness (QED) is 0.868. The van der Waals surface area contributed by atoms with Crippen molar-refractivity contribution in [3.63, 3.8) is 0 Å². The molecule has 2 atom stereocenters. The van der Waals surface area contributed by atoms with Crippen molar-refractivity contribution < 1.29 is 5.11 Å². The Morgan fingerprint density at radius 1 is 1.28 bits per heavy atom. The first-order valence-corrected chi connectivity index (χ1v) is 6.81. The molecule has 2 rings (SSSR count). The van der Waals surface area contributed by atoms with Gasteiger partial charge in [0.1, 0.15) is 0 Å². The summed E-state index contributed by atoms with van der Waals surface area (Å²) >= 11 is 0. The largest absolute Gasteiger partial charge is 0.388 e. The van der Waals surface area contributed by atoms with Crippen LogP contribution in [0.25, 0.3) is 0 Å². The Bertz CT molecular complexity index is 395. The minimum Gasteiger partial charge on any atom is -0.388 e. The van der Waals surface area contributed by atoms with Gasteiger partial charge in [0.2, 0.25) is 0 Å². The zero-order chi connectivity index (χ0) is 13.4. The fourth-order valence-electron chi connectivity index (χ4n) is 3.04. The standard InChI is InChI=1S/C16H25NO/c1-13-10-17(11-14-8-6-5-7-9-14)12-16(13,18)15(2,3)4/h5-9,13,18H,10-12H2,1-4H3/t13-,16-/m1/s1. The Morgan fingerprint density at radius 3 is 2.39 bits per heavy atom. The molecule has 0 aromatic heterocycles. The summed E-state index contributed by atoms with van der Waals surface area (Å²) in [5, 5.41) is 10.9. The molecule has 100 valence electrons. The SMILES string of the molecule is C[C@@H]1CN(Cc2ccccc2)C[C@]1(O)C(C)(C)C. The first-order chi connectivity index (χ1) is 8.33. The molecule has 1 saturated heterocycles. The van der Waals surface area contributed by atoms with Crippen LogP contribution in [0.1, 0.15) is 33.3 Å². The maximum Gasteiger partial charge on any atom is 0.0859 e. The minimum absolute atomic E-state index is 0.0716. The third-order valence-electron chi connectivity index (χ3n) is 4.36. The van der Waals surface area contributed by atoms with Crippen LogP contribution in [0.5, 0.6) is 0 Å². The smallest absolute Gasteiger partial charge is 0.0859 e. The number of aliphatic hydroxyl groups is 1. The van der Waals surface area contributed by atoms with Crippen molar-refractivity contribution in [1.82, 2.24) is 4.90 Å². The van der Waals surface area contributed by atoms with Crippen molar-refractivity contribution in [2.24, 2.45) is 11.3 Å². The third-order valence-corrected chi connectivity index (χ3v) is 4.36. The Hall–Kier alpha value is -0.860. The van der Waals surface area contributed by atoms with Crippen molar-refractivity contribution >= 4 is 0 Å².